The summed E-state index contributed by atoms with van der Waals surface area (Å²) >= 11 is 0. The Morgan fingerprint density at radius 3 is 2.17 bits per heavy atom. The lowest BCUT2D eigenvalue weighted by Crippen LogP contribution is -2.37. The van der Waals surface area contributed by atoms with E-state index in [0.29, 0.717) is 12.3 Å². The first-order valence-corrected chi connectivity index (χ1v) is 8.55. The summed E-state index contributed by atoms with van der Waals surface area (Å²) in [6, 6.07) is 0. The number of ether oxygens (including phenoxy) is 2. The van der Waals surface area contributed by atoms with Crippen LogP contribution < -0.4 is 5.32 Å². The summed E-state index contributed by atoms with van der Waals surface area (Å²) in [4.78, 5) is 34.2. The molecular weight excluding hydrogens is 314 g/mol. The topological polar surface area (TPSA) is 102 Å². The normalized spacial score (nSPS) is 14.6. The van der Waals surface area contributed by atoms with E-state index in [1.165, 1.54) is 0 Å². The zero-order valence-corrected chi connectivity index (χ0v) is 15.3. The molecule has 24 heavy (non-hydrogen) atoms. The van der Waals surface area contributed by atoms with Crippen LogP contribution >= 0.6 is 0 Å². The van der Waals surface area contributed by atoms with Crippen LogP contribution in [-0.4, -0.2) is 36.0 Å². The van der Waals surface area contributed by atoms with Gasteiger partial charge in [-0.1, -0.05) is 41.0 Å². The third kappa shape index (κ3) is 10.1. The number of rotatable bonds is 11. The highest BCUT2D eigenvalue weighted by molar-refractivity contribution is 5.70. The Labute approximate surface area is 144 Å². The van der Waals surface area contributed by atoms with E-state index >= 15 is 0 Å². The summed E-state index contributed by atoms with van der Waals surface area (Å²) in [6.07, 6.45) is 0.180. The van der Waals surface area contributed by atoms with Gasteiger partial charge in [0.05, 0.1) is 0 Å². The highest BCUT2D eigenvalue weighted by Gasteiger charge is 2.23. The summed E-state index contributed by atoms with van der Waals surface area (Å²) < 4.78 is 10.2. The molecule has 0 unspecified atom stereocenters. The molecule has 0 heterocycles. The number of aliphatic carboxylic acids is 1. The summed E-state index contributed by atoms with van der Waals surface area (Å²) in [5.74, 6) is -1.31. The largest absolute Gasteiger partial charge is 0.481 e. The van der Waals surface area contributed by atoms with Gasteiger partial charge in [0.25, 0.3) is 6.29 Å². The molecule has 0 fully saturated rings. The third-order valence-corrected chi connectivity index (χ3v) is 3.73. The number of carbonyl (C=O) groups excluding carboxylic acids is 2. The zero-order valence-electron chi connectivity index (χ0n) is 15.3. The molecule has 0 rings (SSSR count). The fraction of sp³-hybridized carbons (Fsp3) is 0.824. The number of carbonyl (C=O) groups is 3. The Morgan fingerprint density at radius 2 is 1.71 bits per heavy atom. The van der Waals surface area contributed by atoms with Gasteiger partial charge < -0.3 is 19.9 Å². The van der Waals surface area contributed by atoms with Gasteiger partial charge in [0.15, 0.2) is 0 Å². The first-order chi connectivity index (χ1) is 11.2. The van der Waals surface area contributed by atoms with Gasteiger partial charge in [-0.05, 0) is 18.3 Å². The zero-order chi connectivity index (χ0) is 18.7. The first kappa shape index (κ1) is 22.2. The van der Waals surface area contributed by atoms with E-state index < -0.39 is 24.3 Å². The fourth-order valence-electron chi connectivity index (χ4n) is 2.11. The van der Waals surface area contributed by atoms with Crippen molar-refractivity contribution in [1.82, 2.24) is 5.32 Å². The van der Waals surface area contributed by atoms with Crippen LogP contribution in [0.3, 0.4) is 0 Å². The van der Waals surface area contributed by atoms with Crippen molar-refractivity contribution >= 4 is 18.0 Å². The van der Waals surface area contributed by atoms with Crippen LogP contribution in [0.25, 0.3) is 0 Å². The molecule has 0 radical (unpaired) electrons. The highest BCUT2D eigenvalue weighted by atomic mass is 16.7. The molecule has 1 amide bonds. The van der Waals surface area contributed by atoms with Gasteiger partial charge in [-0.25, -0.2) is 4.79 Å². The Kier molecular flexibility index (Phi) is 10.8. The van der Waals surface area contributed by atoms with Crippen LogP contribution in [0.2, 0.25) is 0 Å². The predicted molar refractivity (Wildman–Crippen MR) is 89.3 cm³/mol. The predicted octanol–water partition coefficient (Wildman–Crippen LogP) is 3.18. The van der Waals surface area contributed by atoms with Crippen molar-refractivity contribution < 1.29 is 29.0 Å². The van der Waals surface area contributed by atoms with E-state index in [1.54, 1.807) is 20.8 Å². The molecule has 0 aromatic rings. The van der Waals surface area contributed by atoms with Crippen molar-refractivity contribution in [2.45, 2.75) is 66.6 Å². The lowest BCUT2D eigenvalue weighted by molar-refractivity contribution is -0.174. The number of hydrogen-bond acceptors (Lipinski definition) is 5. The van der Waals surface area contributed by atoms with E-state index in [4.69, 9.17) is 14.6 Å². The molecule has 0 spiro atoms. The summed E-state index contributed by atoms with van der Waals surface area (Å²) in [5.41, 5.74) is 0. The molecule has 3 atom stereocenters. The number of alkyl carbamates (subject to hydrolysis) is 1. The molecule has 0 saturated carbocycles. The second kappa shape index (κ2) is 11.7. The van der Waals surface area contributed by atoms with Gasteiger partial charge in [0.2, 0.25) is 0 Å². The average molecular weight is 345 g/mol. The van der Waals surface area contributed by atoms with Crippen molar-refractivity contribution in [2.75, 3.05) is 6.54 Å². The molecule has 0 aromatic carbocycles. The van der Waals surface area contributed by atoms with Gasteiger partial charge in [-0.3, -0.25) is 9.59 Å². The van der Waals surface area contributed by atoms with E-state index in [0.717, 1.165) is 6.42 Å². The summed E-state index contributed by atoms with van der Waals surface area (Å²) in [5, 5.41) is 11.6. The van der Waals surface area contributed by atoms with E-state index in [9.17, 15) is 14.4 Å². The maximum atomic E-state index is 11.9. The van der Waals surface area contributed by atoms with Gasteiger partial charge in [0.1, 0.15) is 0 Å². The van der Waals surface area contributed by atoms with Crippen molar-refractivity contribution in [3.63, 3.8) is 0 Å². The van der Waals surface area contributed by atoms with Crippen molar-refractivity contribution in [3.05, 3.63) is 0 Å². The van der Waals surface area contributed by atoms with Gasteiger partial charge in [-0.15, -0.1) is 0 Å². The van der Waals surface area contributed by atoms with Crippen LogP contribution in [0.5, 0.6) is 0 Å². The lowest BCUT2D eigenvalue weighted by Gasteiger charge is -2.23. The standard InChI is InChI=1S/C17H31NO6/c1-6-12(5)8-13(9-14(19)20)10-18-17(22)24-16(11(3)4)23-15(21)7-2/h11-13,16H,6-10H2,1-5H3,(H,18,22)(H,19,20)/t12-,13+,16-/m1/s1. The van der Waals surface area contributed by atoms with Crippen LogP contribution in [0.15, 0.2) is 0 Å². The molecular formula is C17H31NO6. The van der Waals surface area contributed by atoms with Crippen molar-refractivity contribution in [3.8, 4) is 0 Å². The van der Waals surface area contributed by atoms with Crippen LogP contribution in [-0.2, 0) is 19.1 Å². The minimum absolute atomic E-state index is 0.0109. The summed E-state index contributed by atoms with van der Waals surface area (Å²) in [6.45, 7) is 9.51. The Bertz CT molecular complexity index is 410. The average Bonchev–Trinajstić information content (AvgIpc) is 2.50. The molecule has 7 nitrogen and oxygen atoms in total. The second-order valence-electron chi connectivity index (χ2n) is 6.46. The molecule has 7 heteroatoms. The number of amides is 1. The Balaban J connectivity index is 4.52. The van der Waals surface area contributed by atoms with Crippen LogP contribution in [0.4, 0.5) is 4.79 Å². The molecule has 0 saturated heterocycles. The maximum Gasteiger partial charge on any atom is 0.410 e. The van der Waals surface area contributed by atoms with Crippen LogP contribution in [0, 0.1) is 17.8 Å². The van der Waals surface area contributed by atoms with E-state index in [2.05, 4.69) is 5.32 Å². The van der Waals surface area contributed by atoms with Gasteiger partial charge >= 0.3 is 18.0 Å². The number of nitrogens with one attached hydrogen (secondary N) is 1. The summed E-state index contributed by atoms with van der Waals surface area (Å²) in [7, 11) is 0. The second-order valence-corrected chi connectivity index (χ2v) is 6.46. The van der Waals surface area contributed by atoms with Crippen molar-refractivity contribution in [2.24, 2.45) is 17.8 Å². The van der Waals surface area contributed by atoms with Gasteiger partial charge in [-0.2, -0.15) is 0 Å². The van der Waals surface area contributed by atoms with E-state index in [1.807, 2.05) is 13.8 Å². The smallest absolute Gasteiger partial charge is 0.410 e. The molecule has 0 aromatic heterocycles. The van der Waals surface area contributed by atoms with E-state index in [-0.39, 0.29) is 31.2 Å². The number of carboxylic acid groups (broad SMARTS) is 1. The lowest BCUT2D eigenvalue weighted by atomic mass is 9.91. The SMILES string of the molecule is CCC(=O)O[C@H](OC(=O)NC[C@H](CC(=O)O)C[C@H](C)CC)C(C)C. The number of carboxylic acids is 1. The van der Waals surface area contributed by atoms with Crippen molar-refractivity contribution in [1.29, 1.82) is 0 Å². The fourth-order valence-corrected chi connectivity index (χ4v) is 2.11. The van der Waals surface area contributed by atoms with Crippen LogP contribution in [0.1, 0.15) is 60.3 Å². The Hall–Kier alpha value is -1.79. The molecule has 140 valence electrons. The quantitative estimate of drug-likeness (QED) is 0.440. The maximum absolute atomic E-state index is 11.9. The number of esters is 1. The van der Waals surface area contributed by atoms with Gasteiger partial charge in [0, 0.05) is 25.3 Å². The minimum atomic E-state index is -0.954. The first-order valence-electron chi connectivity index (χ1n) is 8.55. The molecule has 2 N–H and O–H groups in total. The minimum Gasteiger partial charge on any atom is -0.481 e. The number of hydrogen-bond donors (Lipinski definition) is 2. The molecule has 0 bridgehead atoms. The third-order valence-electron chi connectivity index (χ3n) is 3.73. The Morgan fingerprint density at radius 1 is 1.08 bits per heavy atom. The highest BCUT2D eigenvalue weighted by Crippen LogP contribution is 2.18. The molecule has 0 aliphatic carbocycles. The molecule has 0 aliphatic heterocycles. The molecule has 0 aliphatic rings. The monoisotopic (exact) mass is 345 g/mol.